The van der Waals surface area contributed by atoms with Crippen molar-refractivity contribution in [2.45, 2.75) is 22.8 Å². The van der Waals surface area contributed by atoms with Gasteiger partial charge in [-0.3, -0.25) is 4.79 Å². The molecule has 2 aromatic rings. The Hall–Kier alpha value is -2.36. The lowest BCUT2D eigenvalue weighted by molar-refractivity contribution is -0.131. The SMILES string of the molecule is COC(=O)c1ccc(CSC(C)C(=O)N2CCN(S(=O)(=O)c3ccccc3)CC2)cc1. The normalized spacial score (nSPS) is 16.0. The van der Waals surface area contributed by atoms with E-state index in [1.807, 2.05) is 19.1 Å². The van der Waals surface area contributed by atoms with Gasteiger partial charge in [-0.2, -0.15) is 4.31 Å². The fourth-order valence-corrected chi connectivity index (χ4v) is 5.66. The average molecular weight is 463 g/mol. The van der Waals surface area contributed by atoms with Gasteiger partial charge < -0.3 is 9.64 Å². The van der Waals surface area contributed by atoms with Crippen LogP contribution in [0.4, 0.5) is 0 Å². The van der Waals surface area contributed by atoms with Crippen LogP contribution in [0.1, 0.15) is 22.8 Å². The lowest BCUT2D eigenvalue weighted by Gasteiger charge is -2.35. The predicted molar refractivity (Wildman–Crippen MR) is 120 cm³/mol. The number of amides is 1. The van der Waals surface area contributed by atoms with Crippen molar-refractivity contribution in [1.82, 2.24) is 9.21 Å². The maximum Gasteiger partial charge on any atom is 0.337 e. The van der Waals surface area contributed by atoms with Gasteiger partial charge in [-0.05, 0) is 36.8 Å². The molecule has 1 saturated heterocycles. The Bertz CT molecular complexity index is 1000. The number of hydrogen-bond acceptors (Lipinski definition) is 6. The molecule has 1 atom stereocenters. The minimum absolute atomic E-state index is 0.00735. The molecule has 31 heavy (non-hydrogen) atoms. The van der Waals surface area contributed by atoms with Crippen LogP contribution in [0.25, 0.3) is 0 Å². The standard InChI is InChI=1S/C22H26N2O5S2/c1-17(30-16-18-8-10-19(11-9-18)22(26)29-2)21(25)23-12-14-24(15-13-23)31(27,28)20-6-4-3-5-7-20/h3-11,17H,12-16H2,1-2H3. The first-order valence-electron chi connectivity index (χ1n) is 9.96. The average Bonchev–Trinajstić information content (AvgIpc) is 2.82. The van der Waals surface area contributed by atoms with Gasteiger partial charge in [-0.15, -0.1) is 11.8 Å². The van der Waals surface area contributed by atoms with E-state index in [1.165, 1.54) is 23.2 Å². The van der Waals surface area contributed by atoms with E-state index in [-0.39, 0.29) is 35.1 Å². The van der Waals surface area contributed by atoms with Crippen LogP contribution in [0.15, 0.2) is 59.5 Å². The van der Waals surface area contributed by atoms with Gasteiger partial charge in [-0.1, -0.05) is 30.3 Å². The summed E-state index contributed by atoms with van der Waals surface area (Å²) in [5.74, 6) is 0.264. The number of hydrogen-bond donors (Lipinski definition) is 0. The second-order valence-electron chi connectivity index (χ2n) is 7.18. The van der Waals surface area contributed by atoms with E-state index in [9.17, 15) is 18.0 Å². The molecule has 9 heteroatoms. The Labute approximate surface area is 187 Å². The van der Waals surface area contributed by atoms with Gasteiger partial charge in [0.1, 0.15) is 0 Å². The maximum atomic E-state index is 12.8. The van der Waals surface area contributed by atoms with E-state index in [4.69, 9.17) is 4.74 Å². The molecule has 1 aliphatic rings. The van der Waals surface area contributed by atoms with Crippen LogP contribution in [0.2, 0.25) is 0 Å². The van der Waals surface area contributed by atoms with Gasteiger partial charge in [-0.25, -0.2) is 13.2 Å². The third-order valence-electron chi connectivity index (χ3n) is 5.15. The van der Waals surface area contributed by atoms with Crippen molar-refractivity contribution in [3.63, 3.8) is 0 Å². The van der Waals surface area contributed by atoms with E-state index < -0.39 is 10.0 Å². The number of sulfonamides is 1. The summed E-state index contributed by atoms with van der Waals surface area (Å²) in [4.78, 5) is 26.3. The zero-order valence-electron chi connectivity index (χ0n) is 17.6. The van der Waals surface area contributed by atoms with E-state index in [0.29, 0.717) is 24.4 Å². The van der Waals surface area contributed by atoms with Crippen molar-refractivity contribution in [2.75, 3.05) is 33.3 Å². The summed E-state index contributed by atoms with van der Waals surface area (Å²) >= 11 is 1.52. The first-order valence-corrected chi connectivity index (χ1v) is 12.4. The van der Waals surface area contributed by atoms with Gasteiger partial charge >= 0.3 is 5.97 Å². The number of carbonyl (C=O) groups is 2. The molecule has 0 spiro atoms. The van der Waals surface area contributed by atoms with Gasteiger partial charge in [0.05, 0.1) is 22.8 Å². The molecule has 7 nitrogen and oxygen atoms in total. The number of methoxy groups -OCH3 is 1. The predicted octanol–water partition coefficient (Wildman–Crippen LogP) is 2.63. The molecule has 1 unspecified atom stereocenters. The molecule has 0 saturated carbocycles. The van der Waals surface area contributed by atoms with Crippen LogP contribution < -0.4 is 0 Å². The number of rotatable bonds is 7. The molecule has 0 bridgehead atoms. The summed E-state index contributed by atoms with van der Waals surface area (Å²) in [5.41, 5.74) is 1.50. The molecule has 166 valence electrons. The Morgan fingerprint density at radius 1 is 1.00 bits per heavy atom. The summed E-state index contributed by atoms with van der Waals surface area (Å²) in [6, 6.07) is 15.5. The molecule has 0 aromatic heterocycles. The summed E-state index contributed by atoms with van der Waals surface area (Å²) in [5, 5.41) is -0.252. The third kappa shape index (κ3) is 5.66. The molecule has 1 fully saturated rings. The van der Waals surface area contributed by atoms with Crippen LogP contribution in [0, 0.1) is 0 Å². The molecule has 1 aliphatic heterocycles. The van der Waals surface area contributed by atoms with Gasteiger partial charge in [0.25, 0.3) is 0 Å². The molecule has 3 rings (SSSR count). The molecule has 0 radical (unpaired) electrons. The van der Waals surface area contributed by atoms with Gasteiger partial charge in [0, 0.05) is 31.9 Å². The van der Waals surface area contributed by atoms with E-state index in [0.717, 1.165) is 5.56 Å². The third-order valence-corrected chi connectivity index (χ3v) is 8.27. The van der Waals surface area contributed by atoms with Gasteiger partial charge in [0.2, 0.25) is 15.9 Å². The number of nitrogens with zero attached hydrogens (tertiary/aromatic N) is 2. The Morgan fingerprint density at radius 3 is 2.19 bits per heavy atom. The highest BCUT2D eigenvalue weighted by Gasteiger charge is 2.31. The Balaban J connectivity index is 1.50. The van der Waals surface area contributed by atoms with Crippen LogP contribution in [0.3, 0.4) is 0 Å². The van der Waals surface area contributed by atoms with Crippen molar-refractivity contribution < 1.29 is 22.7 Å². The first-order chi connectivity index (χ1) is 14.8. The largest absolute Gasteiger partial charge is 0.465 e. The number of piperazine rings is 1. The molecule has 0 N–H and O–H groups in total. The molecule has 2 aromatic carbocycles. The van der Waals surface area contributed by atoms with Crippen LogP contribution in [-0.2, 0) is 25.3 Å². The van der Waals surface area contributed by atoms with Crippen LogP contribution in [0.5, 0.6) is 0 Å². The van der Waals surface area contributed by atoms with Crippen molar-refractivity contribution >= 4 is 33.7 Å². The topological polar surface area (TPSA) is 84.0 Å². The van der Waals surface area contributed by atoms with Crippen molar-refractivity contribution in [1.29, 1.82) is 0 Å². The number of carbonyl (C=O) groups excluding carboxylic acids is 2. The monoisotopic (exact) mass is 462 g/mol. The summed E-state index contributed by atoms with van der Waals surface area (Å²) in [6.45, 7) is 3.20. The molecule has 1 heterocycles. The van der Waals surface area contributed by atoms with Crippen molar-refractivity contribution in [3.05, 3.63) is 65.7 Å². The number of thioether (sulfide) groups is 1. The Kier molecular flexibility index (Phi) is 7.74. The summed E-state index contributed by atoms with van der Waals surface area (Å²) in [7, 11) is -2.19. The van der Waals surface area contributed by atoms with Crippen LogP contribution >= 0.6 is 11.8 Å². The highest BCUT2D eigenvalue weighted by Crippen LogP contribution is 2.22. The molecular formula is C22H26N2O5S2. The second kappa shape index (κ2) is 10.3. The smallest absolute Gasteiger partial charge is 0.337 e. The first kappa shape index (κ1) is 23.3. The molecule has 1 amide bonds. The fraction of sp³-hybridized carbons (Fsp3) is 0.364. The highest BCUT2D eigenvalue weighted by molar-refractivity contribution is 7.99. The lowest BCUT2D eigenvalue weighted by Crippen LogP contribution is -2.52. The minimum Gasteiger partial charge on any atom is -0.465 e. The van der Waals surface area contributed by atoms with E-state index in [2.05, 4.69) is 0 Å². The molecular weight excluding hydrogens is 436 g/mol. The van der Waals surface area contributed by atoms with Crippen LogP contribution in [-0.4, -0.2) is 68.0 Å². The highest BCUT2D eigenvalue weighted by atomic mass is 32.2. The van der Waals surface area contributed by atoms with Crippen molar-refractivity contribution in [2.24, 2.45) is 0 Å². The van der Waals surface area contributed by atoms with Crippen molar-refractivity contribution in [3.8, 4) is 0 Å². The second-order valence-corrected chi connectivity index (χ2v) is 10.5. The van der Waals surface area contributed by atoms with E-state index in [1.54, 1.807) is 47.4 Å². The van der Waals surface area contributed by atoms with Gasteiger partial charge in [0.15, 0.2) is 0 Å². The summed E-state index contributed by atoms with van der Waals surface area (Å²) in [6.07, 6.45) is 0. The zero-order valence-corrected chi connectivity index (χ0v) is 19.2. The fourth-order valence-electron chi connectivity index (χ4n) is 3.29. The number of esters is 1. The number of ether oxygens (including phenoxy) is 1. The lowest BCUT2D eigenvalue weighted by atomic mass is 10.1. The minimum atomic E-state index is -3.53. The summed E-state index contributed by atoms with van der Waals surface area (Å²) < 4.78 is 31.6. The Morgan fingerprint density at radius 2 is 1.61 bits per heavy atom. The quantitative estimate of drug-likeness (QED) is 0.588. The molecule has 0 aliphatic carbocycles. The zero-order chi connectivity index (χ0) is 22.4. The number of benzene rings is 2. The maximum absolute atomic E-state index is 12.8. The van der Waals surface area contributed by atoms with E-state index >= 15 is 0 Å².